The largest absolute Gasteiger partial charge is 0.319 e. The van der Waals surface area contributed by atoms with Crippen LogP contribution >= 0.6 is 15.9 Å². The highest BCUT2D eigenvalue weighted by Gasteiger charge is 2.09. The van der Waals surface area contributed by atoms with Gasteiger partial charge in [-0.2, -0.15) is 5.10 Å². The number of anilines is 1. The molecular formula is C10H9BrN4O. The Morgan fingerprint density at radius 3 is 2.88 bits per heavy atom. The molecule has 1 amide bonds. The molecule has 0 radical (unpaired) electrons. The lowest BCUT2D eigenvalue weighted by Gasteiger charge is -2.03. The van der Waals surface area contributed by atoms with E-state index in [4.69, 9.17) is 0 Å². The summed E-state index contributed by atoms with van der Waals surface area (Å²) in [6, 6.07) is 1.71. The van der Waals surface area contributed by atoms with E-state index in [2.05, 4.69) is 36.4 Å². The predicted octanol–water partition coefficient (Wildman–Crippen LogP) is 2.13. The fourth-order valence-corrected chi connectivity index (χ4v) is 1.57. The molecule has 0 unspecified atom stereocenters. The number of hydrogen-bond donors (Lipinski definition) is 2. The molecular weight excluding hydrogens is 272 g/mol. The summed E-state index contributed by atoms with van der Waals surface area (Å²) in [7, 11) is 0. The lowest BCUT2D eigenvalue weighted by atomic mass is 10.2. The maximum Gasteiger partial charge on any atom is 0.257 e. The van der Waals surface area contributed by atoms with Gasteiger partial charge in [0.05, 0.1) is 23.1 Å². The highest BCUT2D eigenvalue weighted by Crippen LogP contribution is 2.13. The molecule has 0 spiro atoms. The van der Waals surface area contributed by atoms with Crippen molar-refractivity contribution in [3.05, 3.63) is 40.4 Å². The van der Waals surface area contributed by atoms with Gasteiger partial charge in [0.25, 0.3) is 5.91 Å². The number of hydrogen-bond acceptors (Lipinski definition) is 3. The van der Waals surface area contributed by atoms with Gasteiger partial charge in [0, 0.05) is 16.9 Å². The van der Waals surface area contributed by atoms with E-state index >= 15 is 0 Å². The number of carbonyl (C=O) groups is 1. The normalized spacial score (nSPS) is 10.1. The Balaban J connectivity index is 2.18. The minimum absolute atomic E-state index is 0.210. The molecule has 0 aliphatic heterocycles. The quantitative estimate of drug-likeness (QED) is 0.885. The van der Waals surface area contributed by atoms with Crippen LogP contribution in [0, 0.1) is 6.92 Å². The van der Waals surface area contributed by atoms with Crippen LogP contribution in [0.4, 0.5) is 5.69 Å². The zero-order chi connectivity index (χ0) is 11.5. The van der Waals surface area contributed by atoms with E-state index in [-0.39, 0.29) is 5.91 Å². The molecule has 0 fully saturated rings. The smallest absolute Gasteiger partial charge is 0.257 e. The Hall–Kier alpha value is -1.69. The van der Waals surface area contributed by atoms with Crippen LogP contribution in [0.2, 0.25) is 0 Å². The number of aromatic amines is 1. The van der Waals surface area contributed by atoms with Crippen molar-refractivity contribution in [2.24, 2.45) is 0 Å². The van der Waals surface area contributed by atoms with Crippen molar-refractivity contribution in [2.75, 3.05) is 5.32 Å². The second-order valence-electron chi connectivity index (χ2n) is 3.25. The predicted molar refractivity (Wildman–Crippen MR) is 63.2 cm³/mol. The van der Waals surface area contributed by atoms with Crippen LogP contribution in [-0.2, 0) is 0 Å². The minimum Gasteiger partial charge on any atom is -0.319 e. The molecule has 0 saturated heterocycles. The van der Waals surface area contributed by atoms with Crippen LogP contribution < -0.4 is 5.32 Å². The van der Waals surface area contributed by atoms with Crippen LogP contribution in [0.15, 0.2) is 29.1 Å². The zero-order valence-corrected chi connectivity index (χ0v) is 10.1. The summed E-state index contributed by atoms with van der Waals surface area (Å²) in [6.07, 6.45) is 4.70. The first kappa shape index (κ1) is 10.8. The van der Waals surface area contributed by atoms with Crippen molar-refractivity contribution in [1.82, 2.24) is 15.2 Å². The molecule has 0 aliphatic carbocycles. The first-order chi connectivity index (χ1) is 7.66. The van der Waals surface area contributed by atoms with Gasteiger partial charge in [-0.25, -0.2) is 0 Å². The summed E-state index contributed by atoms with van der Waals surface area (Å²) in [4.78, 5) is 15.7. The highest BCUT2D eigenvalue weighted by molar-refractivity contribution is 9.10. The molecule has 16 heavy (non-hydrogen) atoms. The summed E-state index contributed by atoms with van der Waals surface area (Å²) < 4.78 is 0.768. The van der Waals surface area contributed by atoms with Crippen molar-refractivity contribution in [3.63, 3.8) is 0 Å². The molecule has 2 aromatic rings. The lowest BCUT2D eigenvalue weighted by Crippen LogP contribution is -2.12. The second-order valence-corrected chi connectivity index (χ2v) is 4.17. The Labute approximate surface area is 100 Å². The lowest BCUT2D eigenvalue weighted by molar-refractivity contribution is 0.102. The van der Waals surface area contributed by atoms with E-state index in [1.54, 1.807) is 18.5 Å². The fourth-order valence-electron chi connectivity index (χ4n) is 1.21. The van der Waals surface area contributed by atoms with E-state index in [1.807, 2.05) is 6.92 Å². The summed E-state index contributed by atoms with van der Waals surface area (Å²) in [5.74, 6) is -0.210. The van der Waals surface area contributed by atoms with E-state index < -0.39 is 0 Å². The van der Waals surface area contributed by atoms with Gasteiger partial charge in [0.2, 0.25) is 0 Å². The molecule has 0 aliphatic rings. The van der Waals surface area contributed by atoms with Crippen LogP contribution in [0.5, 0.6) is 0 Å². The monoisotopic (exact) mass is 280 g/mol. The number of aryl methyl sites for hydroxylation is 1. The third-order valence-corrected chi connectivity index (χ3v) is 2.48. The molecule has 5 nitrogen and oxygen atoms in total. The molecule has 2 rings (SSSR count). The van der Waals surface area contributed by atoms with Gasteiger partial charge in [0.1, 0.15) is 0 Å². The topological polar surface area (TPSA) is 70.7 Å². The van der Waals surface area contributed by atoms with Gasteiger partial charge in [-0.3, -0.25) is 14.9 Å². The standard InChI is InChI=1S/C10H9BrN4O/c1-6-9(5-13-15-6)14-10(16)7-2-8(11)4-12-3-7/h2-5H,1H3,(H,13,15)(H,14,16). The van der Waals surface area contributed by atoms with Gasteiger partial charge in [-0.15, -0.1) is 0 Å². The van der Waals surface area contributed by atoms with E-state index in [9.17, 15) is 4.79 Å². The second kappa shape index (κ2) is 4.44. The van der Waals surface area contributed by atoms with Crippen LogP contribution in [-0.4, -0.2) is 21.1 Å². The summed E-state index contributed by atoms with van der Waals surface area (Å²) in [5.41, 5.74) is 1.98. The van der Waals surface area contributed by atoms with Crippen LogP contribution in [0.25, 0.3) is 0 Å². The third kappa shape index (κ3) is 2.27. The SMILES string of the molecule is Cc1[nH]ncc1NC(=O)c1cncc(Br)c1. The van der Waals surface area contributed by atoms with Gasteiger partial charge in [-0.1, -0.05) is 0 Å². The number of carbonyl (C=O) groups excluding carboxylic acids is 1. The number of amides is 1. The Bertz CT molecular complexity index is 523. The number of rotatable bonds is 2. The molecule has 2 N–H and O–H groups in total. The Kier molecular flexibility index (Phi) is 3.00. The molecule has 0 aromatic carbocycles. The van der Waals surface area contributed by atoms with Crippen molar-refractivity contribution in [3.8, 4) is 0 Å². The van der Waals surface area contributed by atoms with E-state index in [1.165, 1.54) is 6.20 Å². The van der Waals surface area contributed by atoms with Crippen LogP contribution in [0.1, 0.15) is 16.1 Å². The fraction of sp³-hybridized carbons (Fsp3) is 0.100. The molecule has 0 atom stereocenters. The van der Waals surface area contributed by atoms with Gasteiger partial charge >= 0.3 is 0 Å². The summed E-state index contributed by atoms with van der Waals surface area (Å²) in [5, 5.41) is 9.31. The molecule has 82 valence electrons. The number of H-pyrrole nitrogens is 1. The number of nitrogens with one attached hydrogen (secondary N) is 2. The number of halogens is 1. The Morgan fingerprint density at radius 1 is 1.44 bits per heavy atom. The zero-order valence-electron chi connectivity index (χ0n) is 8.49. The molecule has 0 saturated carbocycles. The van der Waals surface area contributed by atoms with Crippen molar-refractivity contribution >= 4 is 27.5 Å². The number of aromatic nitrogens is 3. The Morgan fingerprint density at radius 2 is 2.25 bits per heavy atom. The maximum atomic E-state index is 11.8. The molecule has 0 bridgehead atoms. The average Bonchev–Trinajstić information content (AvgIpc) is 2.64. The average molecular weight is 281 g/mol. The summed E-state index contributed by atoms with van der Waals surface area (Å²) in [6.45, 7) is 1.84. The van der Waals surface area contributed by atoms with E-state index in [0.717, 1.165) is 10.2 Å². The number of pyridine rings is 1. The first-order valence-corrected chi connectivity index (χ1v) is 5.38. The van der Waals surface area contributed by atoms with Crippen molar-refractivity contribution in [2.45, 2.75) is 6.92 Å². The minimum atomic E-state index is -0.210. The van der Waals surface area contributed by atoms with Gasteiger partial charge in [0.15, 0.2) is 0 Å². The highest BCUT2D eigenvalue weighted by atomic mass is 79.9. The maximum absolute atomic E-state index is 11.8. The van der Waals surface area contributed by atoms with Crippen LogP contribution in [0.3, 0.4) is 0 Å². The van der Waals surface area contributed by atoms with Crippen molar-refractivity contribution < 1.29 is 4.79 Å². The van der Waals surface area contributed by atoms with Crippen molar-refractivity contribution in [1.29, 1.82) is 0 Å². The van der Waals surface area contributed by atoms with Gasteiger partial charge < -0.3 is 5.32 Å². The third-order valence-electron chi connectivity index (χ3n) is 2.05. The van der Waals surface area contributed by atoms with Gasteiger partial charge in [-0.05, 0) is 28.9 Å². The molecule has 2 aromatic heterocycles. The molecule has 6 heteroatoms. The first-order valence-electron chi connectivity index (χ1n) is 4.58. The molecule has 2 heterocycles. The van der Waals surface area contributed by atoms with E-state index in [0.29, 0.717) is 11.3 Å². The summed E-state index contributed by atoms with van der Waals surface area (Å²) >= 11 is 3.26. The number of nitrogens with zero attached hydrogens (tertiary/aromatic N) is 2.